The highest BCUT2D eigenvalue weighted by molar-refractivity contribution is 7.99. The number of H-pyrrole nitrogens is 1. The van der Waals surface area contributed by atoms with Crippen molar-refractivity contribution < 1.29 is 4.92 Å². The van der Waals surface area contributed by atoms with Crippen LogP contribution in [0.2, 0.25) is 0 Å². The maximum absolute atomic E-state index is 10.9. The van der Waals surface area contributed by atoms with Gasteiger partial charge in [0.25, 0.3) is 0 Å². The summed E-state index contributed by atoms with van der Waals surface area (Å²) in [5.41, 5.74) is 0.837. The first-order valence-electron chi connectivity index (χ1n) is 5.81. The molecule has 0 aliphatic carbocycles. The topological polar surface area (TPSA) is 115 Å². The third kappa shape index (κ3) is 2.60. The van der Waals surface area contributed by atoms with E-state index in [1.807, 2.05) is 0 Å². The van der Waals surface area contributed by atoms with Gasteiger partial charge < -0.3 is 14.7 Å². The van der Waals surface area contributed by atoms with E-state index < -0.39 is 4.92 Å². The van der Waals surface area contributed by atoms with Crippen LogP contribution >= 0.6 is 11.8 Å². The van der Waals surface area contributed by atoms with E-state index in [9.17, 15) is 10.1 Å². The lowest BCUT2D eigenvalue weighted by molar-refractivity contribution is -0.392. The molecule has 0 fully saturated rings. The van der Waals surface area contributed by atoms with Gasteiger partial charge in [-0.05, 0) is 33.8 Å². The minimum absolute atomic E-state index is 0.210. The van der Waals surface area contributed by atoms with Crippen LogP contribution in [0.5, 0.6) is 0 Å². The molecule has 0 aromatic carbocycles. The standard InChI is InChI=1S/C11H9N7O2S/c1-17-6-13-9(18(19)20)10(17)21-11-14-8(15-16-11)7-2-4-12-5-3-7/h2-6H,1H3,(H,14,15,16). The molecule has 3 aromatic rings. The lowest BCUT2D eigenvalue weighted by Crippen LogP contribution is -1.93. The van der Waals surface area contributed by atoms with Crippen molar-refractivity contribution in [1.82, 2.24) is 29.7 Å². The number of nitrogens with one attached hydrogen (secondary N) is 1. The average molecular weight is 303 g/mol. The number of hydrogen-bond donors (Lipinski definition) is 1. The zero-order valence-corrected chi connectivity index (χ0v) is 11.6. The first-order chi connectivity index (χ1) is 10.1. The van der Waals surface area contributed by atoms with Gasteiger partial charge in [0, 0.05) is 25.0 Å². The highest BCUT2D eigenvalue weighted by atomic mass is 32.2. The summed E-state index contributed by atoms with van der Waals surface area (Å²) in [4.78, 5) is 22.4. The van der Waals surface area contributed by atoms with E-state index in [0.29, 0.717) is 16.0 Å². The molecule has 0 aliphatic rings. The molecule has 106 valence electrons. The van der Waals surface area contributed by atoms with Crippen LogP contribution < -0.4 is 0 Å². The summed E-state index contributed by atoms with van der Waals surface area (Å²) in [7, 11) is 1.68. The summed E-state index contributed by atoms with van der Waals surface area (Å²) >= 11 is 1.08. The monoisotopic (exact) mass is 303 g/mol. The molecule has 1 N–H and O–H groups in total. The van der Waals surface area contributed by atoms with Gasteiger partial charge in [-0.3, -0.25) is 10.1 Å². The van der Waals surface area contributed by atoms with Crippen LogP contribution in [0.1, 0.15) is 0 Å². The Morgan fingerprint density at radius 3 is 2.86 bits per heavy atom. The van der Waals surface area contributed by atoms with Crippen molar-refractivity contribution >= 4 is 17.6 Å². The van der Waals surface area contributed by atoms with E-state index in [0.717, 1.165) is 17.3 Å². The van der Waals surface area contributed by atoms with Crippen LogP contribution in [0.4, 0.5) is 5.82 Å². The zero-order valence-electron chi connectivity index (χ0n) is 10.8. The number of rotatable bonds is 4. The quantitative estimate of drug-likeness (QED) is 0.575. The SMILES string of the molecule is Cn1cnc([N+](=O)[O-])c1Sc1n[nH]c(-c2ccncc2)n1. The van der Waals surface area contributed by atoms with Crippen molar-refractivity contribution in [3.63, 3.8) is 0 Å². The van der Waals surface area contributed by atoms with Gasteiger partial charge in [-0.2, -0.15) is 0 Å². The number of imidazole rings is 1. The summed E-state index contributed by atoms with van der Waals surface area (Å²) in [5.74, 6) is 0.363. The first kappa shape index (κ1) is 13.2. The molecule has 3 rings (SSSR count). The van der Waals surface area contributed by atoms with E-state index in [1.54, 1.807) is 36.1 Å². The largest absolute Gasteiger partial charge is 0.396 e. The molecular weight excluding hydrogens is 294 g/mol. The van der Waals surface area contributed by atoms with Gasteiger partial charge in [0.1, 0.15) is 0 Å². The fourth-order valence-corrected chi connectivity index (χ4v) is 2.48. The molecule has 0 saturated carbocycles. The van der Waals surface area contributed by atoms with Gasteiger partial charge in [-0.25, -0.2) is 4.98 Å². The molecule has 0 spiro atoms. The minimum atomic E-state index is -0.529. The number of aromatic amines is 1. The second kappa shape index (κ2) is 5.32. The molecule has 0 saturated heterocycles. The predicted octanol–water partition coefficient (Wildman–Crippen LogP) is 1.66. The van der Waals surface area contributed by atoms with Gasteiger partial charge in [-0.1, -0.05) is 0 Å². The lowest BCUT2D eigenvalue weighted by Gasteiger charge is -1.97. The Bertz CT molecular complexity index is 783. The molecular formula is C11H9N7O2S. The number of pyridine rings is 1. The molecule has 0 aliphatic heterocycles. The highest BCUT2D eigenvalue weighted by Crippen LogP contribution is 2.32. The Hall–Kier alpha value is -2.75. The summed E-state index contributed by atoms with van der Waals surface area (Å²) in [6.45, 7) is 0. The van der Waals surface area contributed by atoms with E-state index in [1.165, 1.54) is 6.33 Å². The van der Waals surface area contributed by atoms with Gasteiger partial charge in [0.05, 0.1) is 0 Å². The van der Waals surface area contributed by atoms with Crippen molar-refractivity contribution in [2.75, 3.05) is 0 Å². The van der Waals surface area contributed by atoms with Crippen molar-refractivity contribution in [3.8, 4) is 11.4 Å². The summed E-state index contributed by atoms with van der Waals surface area (Å²) < 4.78 is 1.56. The van der Waals surface area contributed by atoms with Gasteiger partial charge in [0.15, 0.2) is 10.9 Å². The van der Waals surface area contributed by atoms with Gasteiger partial charge in [-0.15, -0.1) is 5.10 Å². The summed E-state index contributed by atoms with van der Waals surface area (Å²) in [5, 5.41) is 18.5. The molecule has 0 atom stereocenters. The molecule has 0 bridgehead atoms. The Balaban J connectivity index is 1.89. The van der Waals surface area contributed by atoms with Crippen molar-refractivity contribution in [2.24, 2.45) is 7.05 Å². The molecule has 10 heteroatoms. The first-order valence-corrected chi connectivity index (χ1v) is 6.63. The maximum Gasteiger partial charge on any atom is 0.396 e. The van der Waals surface area contributed by atoms with E-state index in [-0.39, 0.29) is 5.82 Å². The summed E-state index contributed by atoms with van der Waals surface area (Å²) in [6, 6.07) is 3.59. The smallest absolute Gasteiger partial charge is 0.358 e. The highest BCUT2D eigenvalue weighted by Gasteiger charge is 2.22. The molecule has 3 heterocycles. The molecule has 21 heavy (non-hydrogen) atoms. The molecule has 0 amide bonds. The van der Waals surface area contributed by atoms with Crippen molar-refractivity contribution in [3.05, 3.63) is 41.0 Å². The number of hydrogen-bond acceptors (Lipinski definition) is 7. The maximum atomic E-state index is 10.9. The fourth-order valence-electron chi connectivity index (χ4n) is 1.67. The number of nitro groups is 1. The number of aryl methyl sites for hydroxylation is 1. The average Bonchev–Trinajstić information content (AvgIpc) is 3.08. The third-order valence-corrected chi connectivity index (χ3v) is 3.67. The Morgan fingerprint density at radius 2 is 2.14 bits per heavy atom. The third-order valence-electron chi connectivity index (χ3n) is 2.64. The Morgan fingerprint density at radius 1 is 1.38 bits per heavy atom. The molecule has 0 radical (unpaired) electrons. The van der Waals surface area contributed by atoms with Crippen molar-refractivity contribution in [2.45, 2.75) is 10.2 Å². The number of aromatic nitrogens is 6. The summed E-state index contributed by atoms with van der Waals surface area (Å²) in [6.07, 6.45) is 4.68. The fraction of sp³-hybridized carbons (Fsp3) is 0.0909. The van der Waals surface area contributed by atoms with Crippen LogP contribution in [0, 0.1) is 10.1 Å². The van der Waals surface area contributed by atoms with Crippen LogP contribution in [0.25, 0.3) is 11.4 Å². The van der Waals surface area contributed by atoms with Crippen LogP contribution in [0.15, 0.2) is 41.0 Å². The Kier molecular flexibility index (Phi) is 3.36. The minimum Gasteiger partial charge on any atom is -0.358 e. The van der Waals surface area contributed by atoms with Gasteiger partial charge >= 0.3 is 5.82 Å². The number of nitrogens with zero attached hydrogens (tertiary/aromatic N) is 6. The van der Waals surface area contributed by atoms with E-state index in [2.05, 4.69) is 25.1 Å². The Labute approximate surface area is 122 Å². The second-order valence-corrected chi connectivity index (χ2v) is 5.00. The molecule has 9 nitrogen and oxygen atoms in total. The molecule has 3 aromatic heterocycles. The lowest BCUT2D eigenvalue weighted by atomic mass is 10.3. The second-order valence-electron chi connectivity index (χ2n) is 4.05. The van der Waals surface area contributed by atoms with Crippen molar-refractivity contribution in [1.29, 1.82) is 0 Å². The zero-order chi connectivity index (χ0) is 14.8. The van der Waals surface area contributed by atoms with Crippen LogP contribution in [-0.4, -0.2) is 34.6 Å². The van der Waals surface area contributed by atoms with Crippen LogP contribution in [-0.2, 0) is 7.05 Å². The predicted molar refractivity (Wildman–Crippen MR) is 73.6 cm³/mol. The van der Waals surface area contributed by atoms with Gasteiger partial charge in [0.2, 0.25) is 11.5 Å². The van der Waals surface area contributed by atoms with E-state index >= 15 is 0 Å². The molecule has 0 unspecified atom stereocenters. The normalized spacial score (nSPS) is 10.7. The van der Waals surface area contributed by atoms with E-state index in [4.69, 9.17) is 0 Å². The van der Waals surface area contributed by atoms with Crippen LogP contribution in [0.3, 0.4) is 0 Å².